The van der Waals surface area contributed by atoms with E-state index in [0.717, 1.165) is 44.2 Å². The average molecular weight is 671 g/mol. The van der Waals surface area contributed by atoms with Crippen molar-refractivity contribution in [1.29, 1.82) is 0 Å². The van der Waals surface area contributed by atoms with E-state index in [9.17, 15) is 31.2 Å². The van der Waals surface area contributed by atoms with E-state index in [0.29, 0.717) is 21.0 Å². The molecular weight excluding hydrogens is 638 g/mol. The summed E-state index contributed by atoms with van der Waals surface area (Å²) in [7, 11) is -4.56. The van der Waals surface area contributed by atoms with Crippen LogP contribution in [0.25, 0.3) is 0 Å². The Labute approximate surface area is 265 Å². The molecule has 1 saturated carbocycles. The van der Waals surface area contributed by atoms with Gasteiger partial charge in [-0.1, -0.05) is 78.9 Å². The van der Waals surface area contributed by atoms with E-state index in [1.165, 1.54) is 36.1 Å². The van der Waals surface area contributed by atoms with Crippen molar-refractivity contribution in [1.82, 2.24) is 10.2 Å². The number of carbonyl (C=O) groups is 2. The number of alkyl halides is 3. The van der Waals surface area contributed by atoms with Gasteiger partial charge in [-0.15, -0.1) is 0 Å². The summed E-state index contributed by atoms with van der Waals surface area (Å²) >= 11 is 12.2. The Morgan fingerprint density at radius 2 is 1.57 bits per heavy atom. The molecule has 2 amide bonds. The minimum atomic E-state index is -4.89. The number of hydrogen-bond acceptors (Lipinski definition) is 4. The Morgan fingerprint density at radius 1 is 0.932 bits per heavy atom. The molecule has 13 heteroatoms. The highest BCUT2D eigenvalue weighted by molar-refractivity contribution is 7.92. The Bertz CT molecular complexity index is 1580. The Hall–Kier alpha value is -3.28. The molecule has 3 aromatic carbocycles. The van der Waals surface area contributed by atoms with Crippen LogP contribution in [-0.4, -0.2) is 43.8 Å². The third kappa shape index (κ3) is 8.05. The second kappa shape index (κ2) is 14.2. The second-order valence-electron chi connectivity index (χ2n) is 10.6. The first-order valence-corrected chi connectivity index (χ1v) is 16.3. The number of carbonyl (C=O) groups excluding carboxylic acids is 2. The van der Waals surface area contributed by atoms with Crippen LogP contribution in [0.3, 0.4) is 0 Å². The van der Waals surface area contributed by atoms with E-state index < -0.39 is 56.9 Å². The SMILES string of the molecule is C[C@H](C(=O)NC1CCCCC1)N(Cc1ccccc1Cl)C(=O)CN(c1ccc(Cl)c(C(F)(F)F)c1)S(=O)(=O)c1ccccc1. The van der Waals surface area contributed by atoms with Crippen molar-refractivity contribution in [3.8, 4) is 0 Å². The van der Waals surface area contributed by atoms with Crippen LogP contribution in [0.5, 0.6) is 0 Å². The minimum Gasteiger partial charge on any atom is -0.352 e. The highest BCUT2D eigenvalue weighted by Gasteiger charge is 2.37. The molecule has 0 heterocycles. The van der Waals surface area contributed by atoms with Crippen molar-refractivity contribution in [2.24, 2.45) is 0 Å². The van der Waals surface area contributed by atoms with E-state index in [-0.39, 0.29) is 17.5 Å². The standard InChI is InChI=1S/C31H32Cl2F3N3O4S/c1-21(30(41)37-23-11-4-2-5-12-23)38(19-22-10-8-9-15-27(22)32)29(40)20-39(44(42,43)25-13-6-3-7-14-25)24-16-17-28(33)26(18-24)31(34,35)36/h3,6-10,13-18,21,23H,2,4-5,11-12,19-20H2,1H3,(H,37,41)/t21-/m1/s1. The van der Waals surface area contributed by atoms with Crippen molar-refractivity contribution < 1.29 is 31.2 Å². The van der Waals surface area contributed by atoms with Crippen molar-refractivity contribution >= 4 is 50.7 Å². The maximum Gasteiger partial charge on any atom is 0.417 e. The molecule has 0 aromatic heterocycles. The van der Waals surface area contributed by atoms with Crippen molar-refractivity contribution in [2.45, 2.75) is 68.7 Å². The predicted octanol–water partition coefficient (Wildman–Crippen LogP) is 7.07. The molecule has 1 N–H and O–H groups in total. The Kier molecular flexibility index (Phi) is 10.9. The molecule has 4 rings (SSSR count). The summed E-state index contributed by atoms with van der Waals surface area (Å²) < 4.78 is 69.7. The first-order valence-electron chi connectivity index (χ1n) is 14.1. The molecule has 1 atom stereocenters. The molecule has 0 aliphatic heterocycles. The first kappa shape index (κ1) is 33.6. The number of nitrogens with zero attached hydrogens (tertiary/aromatic N) is 2. The summed E-state index contributed by atoms with van der Waals surface area (Å²) in [6.07, 6.45) is -0.271. The van der Waals surface area contributed by atoms with Gasteiger partial charge in [-0.3, -0.25) is 13.9 Å². The zero-order valence-corrected chi connectivity index (χ0v) is 26.2. The maximum absolute atomic E-state index is 14.1. The van der Waals surface area contributed by atoms with Gasteiger partial charge in [-0.05, 0) is 61.7 Å². The highest BCUT2D eigenvalue weighted by Crippen LogP contribution is 2.38. The zero-order chi connectivity index (χ0) is 32.1. The van der Waals surface area contributed by atoms with Crippen LogP contribution in [0.2, 0.25) is 10.0 Å². The number of nitrogens with one attached hydrogen (secondary N) is 1. The van der Waals surface area contributed by atoms with Crippen LogP contribution in [0.1, 0.15) is 50.2 Å². The summed E-state index contributed by atoms with van der Waals surface area (Å²) in [5.74, 6) is -1.25. The number of hydrogen-bond donors (Lipinski definition) is 1. The lowest BCUT2D eigenvalue weighted by molar-refractivity contribution is -0.139. The van der Waals surface area contributed by atoms with Gasteiger partial charge in [0.25, 0.3) is 10.0 Å². The lowest BCUT2D eigenvalue weighted by atomic mass is 9.95. The van der Waals surface area contributed by atoms with Crippen molar-refractivity contribution in [3.63, 3.8) is 0 Å². The number of amides is 2. The van der Waals surface area contributed by atoms with Crippen LogP contribution in [-0.2, 0) is 32.3 Å². The Morgan fingerprint density at radius 3 is 2.20 bits per heavy atom. The fourth-order valence-corrected chi connectivity index (χ4v) is 6.94. The maximum atomic E-state index is 14.1. The Balaban J connectivity index is 1.74. The van der Waals surface area contributed by atoms with Gasteiger partial charge < -0.3 is 10.2 Å². The van der Waals surface area contributed by atoms with Gasteiger partial charge in [0.2, 0.25) is 11.8 Å². The van der Waals surface area contributed by atoms with E-state index in [2.05, 4.69) is 5.32 Å². The van der Waals surface area contributed by atoms with E-state index in [4.69, 9.17) is 23.2 Å². The van der Waals surface area contributed by atoms with Gasteiger partial charge in [-0.2, -0.15) is 13.2 Å². The number of anilines is 1. The quantitative estimate of drug-likeness (QED) is 0.250. The second-order valence-corrected chi connectivity index (χ2v) is 13.3. The lowest BCUT2D eigenvalue weighted by Crippen LogP contribution is -2.53. The number of sulfonamides is 1. The summed E-state index contributed by atoms with van der Waals surface area (Å²) in [5.41, 5.74) is -1.18. The number of benzene rings is 3. The molecular formula is C31H32Cl2F3N3O4S. The normalized spacial score (nSPS) is 15.0. The van der Waals surface area contributed by atoms with Gasteiger partial charge in [0.15, 0.2) is 0 Å². The molecule has 0 spiro atoms. The minimum absolute atomic E-state index is 0.0548. The largest absolute Gasteiger partial charge is 0.417 e. The van der Waals surface area contributed by atoms with Gasteiger partial charge in [0.1, 0.15) is 12.6 Å². The van der Waals surface area contributed by atoms with Crippen LogP contribution in [0, 0.1) is 0 Å². The summed E-state index contributed by atoms with van der Waals surface area (Å²) in [5, 5.41) is 2.69. The lowest BCUT2D eigenvalue weighted by Gasteiger charge is -2.33. The van der Waals surface area contributed by atoms with Crippen LogP contribution in [0.4, 0.5) is 18.9 Å². The molecule has 3 aromatic rings. The molecule has 0 saturated heterocycles. The topological polar surface area (TPSA) is 86.8 Å². The van der Waals surface area contributed by atoms with Crippen LogP contribution in [0.15, 0.2) is 77.7 Å². The fraction of sp³-hybridized carbons (Fsp3) is 0.355. The predicted molar refractivity (Wildman–Crippen MR) is 164 cm³/mol. The molecule has 7 nitrogen and oxygen atoms in total. The number of rotatable bonds is 10. The van der Waals surface area contributed by atoms with Gasteiger partial charge >= 0.3 is 6.18 Å². The van der Waals surface area contributed by atoms with Crippen LogP contribution >= 0.6 is 23.2 Å². The average Bonchev–Trinajstić information content (AvgIpc) is 2.99. The van der Waals surface area contributed by atoms with Gasteiger partial charge in [-0.25, -0.2) is 8.42 Å². The van der Waals surface area contributed by atoms with E-state index >= 15 is 0 Å². The summed E-state index contributed by atoms with van der Waals surface area (Å²) in [6.45, 7) is 0.472. The third-order valence-electron chi connectivity index (χ3n) is 7.57. The third-order valence-corrected chi connectivity index (χ3v) is 10.1. The summed E-state index contributed by atoms with van der Waals surface area (Å²) in [4.78, 5) is 28.4. The van der Waals surface area contributed by atoms with Crippen LogP contribution < -0.4 is 9.62 Å². The summed E-state index contributed by atoms with van der Waals surface area (Å²) in [6, 6.07) is 15.2. The van der Waals surface area contributed by atoms with Gasteiger partial charge in [0, 0.05) is 17.6 Å². The molecule has 236 valence electrons. The van der Waals surface area contributed by atoms with Crippen molar-refractivity contribution in [3.05, 3.63) is 94.0 Å². The fourth-order valence-electron chi connectivity index (χ4n) is 5.10. The molecule has 1 aliphatic carbocycles. The molecule has 1 fully saturated rings. The number of halogens is 5. The first-order chi connectivity index (χ1) is 20.8. The molecule has 0 unspecified atom stereocenters. The van der Waals surface area contributed by atoms with E-state index in [1.54, 1.807) is 30.3 Å². The van der Waals surface area contributed by atoms with Gasteiger partial charge in [0.05, 0.1) is 21.2 Å². The van der Waals surface area contributed by atoms with Crippen molar-refractivity contribution in [2.75, 3.05) is 10.8 Å². The smallest absolute Gasteiger partial charge is 0.352 e. The monoisotopic (exact) mass is 669 g/mol. The van der Waals surface area contributed by atoms with E-state index in [1.807, 2.05) is 0 Å². The molecule has 1 aliphatic rings. The highest BCUT2D eigenvalue weighted by atomic mass is 35.5. The zero-order valence-electron chi connectivity index (χ0n) is 23.9. The molecule has 44 heavy (non-hydrogen) atoms. The molecule has 0 radical (unpaired) electrons. The molecule has 0 bridgehead atoms.